The van der Waals surface area contributed by atoms with Gasteiger partial charge in [0.05, 0.1) is 25.5 Å². The predicted molar refractivity (Wildman–Crippen MR) is 48.1 cm³/mol. The largest absolute Gasteiger partial charge is 0.494 e. The molecule has 0 fully saturated rings. The van der Waals surface area contributed by atoms with Gasteiger partial charge in [-0.2, -0.15) is 0 Å². The molecule has 0 aliphatic rings. The first-order valence-corrected chi connectivity index (χ1v) is 3.54. The van der Waals surface area contributed by atoms with Gasteiger partial charge < -0.3 is 10.1 Å². The Labute approximate surface area is 71.8 Å². The molecule has 0 spiro atoms. The average molecular weight is 162 g/mol. The fourth-order valence-corrected chi connectivity index (χ4v) is 0.839. The van der Waals surface area contributed by atoms with E-state index in [1.165, 1.54) is 0 Å². The van der Waals surface area contributed by atoms with E-state index in [9.17, 15) is 0 Å². The summed E-state index contributed by atoms with van der Waals surface area (Å²) in [6.07, 6.45) is 8.44. The molecule has 0 aliphatic heterocycles. The van der Waals surface area contributed by atoms with Crippen molar-refractivity contribution < 1.29 is 4.74 Å². The van der Waals surface area contributed by atoms with Crippen molar-refractivity contribution in [3.63, 3.8) is 0 Å². The van der Waals surface area contributed by atoms with Crippen molar-refractivity contribution in [1.29, 1.82) is 0 Å². The highest BCUT2D eigenvalue weighted by atomic mass is 16.5. The van der Waals surface area contributed by atoms with E-state index in [-0.39, 0.29) is 0 Å². The minimum absolute atomic E-state index is 0.474. The fraction of sp³-hybridized carbons (Fsp3) is 0.222. The van der Waals surface area contributed by atoms with Gasteiger partial charge in [0.15, 0.2) is 0 Å². The van der Waals surface area contributed by atoms with Gasteiger partial charge in [-0.1, -0.05) is 5.92 Å². The number of hydrogen-bond donors (Lipinski definition) is 1. The maximum absolute atomic E-state index is 5.09. The second-order valence-corrected chi connectivity index (χ2v) is 2.13. The highest BCUT2D eigenvalue weighted by Crippen LogP contribution is 2.20. The molecule has 62 valence electrons. The summed E-state index contributed by atoms with van der Waals surface area (Å²) in [7, 11) is 1.61. The van der Waals surface area contributed by atoms with Crippen LogP contribution >= 0.6 is 0 Å². The van der Waals surface area contributed by atoms with Crippen LogP contribution in [0, 0.1) is 12.3 Å². The zero-order chi connectivity index (χ0) is 8.81. The number of pyridine rings is 1. The number of nitrogens with one attached hydrogen (secondary N) is 1. The normalized spacial score (nSPS) is 8.67. The summed E-state index contributed by atoms with van der Waals surface area (Å²) in [5.41, 5.74) is 0.818. The lowest BCUT2D eigenvalue weighted by Gasteiger charge is -2.06. The van der Waals surface area contributed by atoms with E-state index >= 15 is 0 Å². The Hall–Kier alpha value is -1.69. The van der Waals surface area contributed by atoms with Crippen molar-refractivity contribution in [3.05, 3.63) is 18.5 Å². The van der Waals surface area contributed by atoms with Crippen LogP contribution in [0.2, 0.25) is 0 Å². The van der Waals surface area contributed by atoms with Gasteiger partial charge in [-0.15, -0.1) is 6.42 Å². The molecule has 1 N–H and O–H groups in total. The molecule has 0 saturated carbocycles. The second-order valence-electron chi connectivity index (χ2n) is 2.13. The van der Waals surface area contributed by atoms with Crippen LogP contribution < -0.4 is 10.1 Å². The minimum atomic E-state index is 0.474. The predicted octanol–water partition coefficient (Wildman–Crippen LogP) is 1.14. The Kier molecular flexibility index (Phi) is 2.97. The van der Waals surface area contributed by atoms with Gasteiger partial charge in [0.2, 0.25) is 0 Å². The molecule has 3 nitrogen and oxygen atoms in total. The standard InChI is InChI=1S/C9H10N2O/c1-3-5-11-8-7-10-6-4-9(8)12-2/h1,4,6-7,11H,5H2,2H3. The summed E-state index contributed by atoms with van der Waals surface area (Å²) in [5, 5.41) is 2.99. The maximum atomic E-state index is 5.09. The summed E-state index contributed by atoms with van der Waals surface area (Å²) < 4.78 is 5.07. The van der Waals surface area contributed by atoms with Gasteiger partial charge in [-0.25, -0.2) is 0 Å². The molecule has 1 heterocycles. The molecule has 0 saturated heterocycles. The number of methoxy groups -OCH3 is 1. The van der Waals surface area contributed by atoms with E-state index in [1.807, 2.05) is 0 Å². The quantitative estimate of drug-likeness (QED) is 0.676. The lowest BCUT2D eigenvalue weighted by atomic mass is 10.4. The topological polar surface area (TPSA) is 34.2 Å². The van der Waals surface area contributed by atoms with Gasteiger partial charge in [0.25, 0.3) is 0 Å². The second kappa shape index (κ2) is 4.24. The van der Waals surface area contributed by atoms with E-state index < -0.39 is 0 Å². The van der Waals surface area contributed by atoms with E-state index in [4.69, 9.17) is 11.2 Å². The van der Waals surface area contributed by atoms with E-state index in [1.54, 1.807) is 25.6 Å². The van der Waals surface area contributed by atoms with Crippen molar-refractivity contribution in [2.24, 2.45) is 0 Å². The molecule has 0 radical (unpaired) electrons. The highest BCUT2D eigenvalue weighted by Gasteiger charge is 1.98. The van der Waals surface area contributed by atoms with Crippen LogP contribution in [-0.2, 0) is 0 Å². The summed E-state index contributed by atoms with van der Waals surface area (Å²) in [4.78, 5) is 3.94. The molecule has 12 heavy (non-hydrogen) atoms. The van der Waals surface area contributed by atoms with Crippen molar-refractivity contribution in [2.45, 2.75) is 0 Å². The number of hydrogen-bond acceptors (Lipinski definition) is 3. The minimum Gasteiger partial charge on any atom is -0.494 e. The van der Waals surface area contributed by atoms with Crippen LogP contribution in [0.15, 0.2) is 18.5 Å². The molecule has 0 bridgehead atoms. The smallest absolute Gasteiger partial charge is 0.145 e. The SMILES string of the molecule is C#CCNc1cnccc1OC. The van der Waals surface area contributed by atoms with E-state index in [2.05, 4.69) is 16.2 Å². The van der Waals surface area contributed by atoms with Gasteiger partial charge in [0.1, 0.15) is 5.75 Å². The summed E-state index contributed by atoms with van der Waals surface area (Å²) in [6.45, 7) is 0.474. The van der Waals surface area contributed by atoms with E-state index in [0.29, 0.717) is 6.54 Å². The average Bonchev–Trinajstić information content (AvgIpc) is 2.15. The molecule has 1 aromatic rings. The number of nitrogens with zero attached hydrogens (tertiary/aromatic N) is 1. The molecule has 3 heteroatoms. The Bertz CT molecular complexity index is 291. The van der Waals surface area contributed by atoms with E-state index in [0.717, 1.165) is 11.4 Å². The molecule has 0 unspecified atom stereocenters. The molecular formula is C9H10N2O. The zero-order valence-electron chi connectivity index (χ0n) is 6.87. The number of ether oxygens (including phenoxy) is 1. The van der Waals surface area contributed by atoms with Gasteiger partial charge >= 0.3 is 0 Å². The van der Waals surface area contributed by atoms with Crippen LogP contribution in [0.5, 0.6) is 5.75 Å². The fourth-order valence-electron chi connectivity index (χ4n) is 0.839. The Morgan fingerprint density at radius 2 is 2.58 bits per heavy atom. The third-order valence-corrected chi connectivity index (χ3v) is 1.38. The highest BCUT2D eigenvalue weighted by molar-refractivity contribution is 5.54. The first-order valence-electron chi connectivity index (χ1n) is 3.54. The van der Waals surface area contributed by atoms with Crippen LogP contribution in [0.1, 0.15) is 0 Å². The van der Waals surface area contributed by atoms with Crippen molar-refractivity contribution >= 4 is 5.69 Å². The molecule has 1 aromatic heterocycles. The Balaban J connectivity index is 2.76. The number of aromatic nitrogens is 1. The summed E-state index contributed by atoms with van der Waals surface area (Å²) in [6, 6.07) is 1.78. The lowest BCUT2D eigenvalue weighted by molar-refractivity contribution is 0.416. The third-order valence-electron chi connectivity index (χ3n) is 1.38. The van der Waals surface area contributed by atoms with Crippen LogP contribution in [0.25, 0.3) is 0 Å². The molecule has 0 amide bonds. The van der Waals surface area contributed by atoms with Gasteiger partial charge in [0, 0.05) is 12.3 Å². The van der Waals surface area contributed by atoms with Crippen molar-refractivity contribution in [2.75, 3.05) is 19.0 Å². The van der Waals surface area contributed by atoms with Gasteiger partial charge in [-0.3, -0.25) is 4.98 Å². The molecule has 1 rings (SSSR count). The molecule has 0 aromatic carbocycles. The Morgan fingerprint density at radius 3 is 3.25 bits per heavy atom. The molecule has 0 aliphatic carbocycles. The van der Waals surface area contributed by atoms with Crippen LogP contribution in [0.4, 0.5) is 5.69 Å². The maximum Gasteiger partial charge on any atom is 0.145 e. The lowest BCUT2D eigenvalue weighted by Crippen LogP contribution is -2.00. The number of rotatable bonds is 3. The first kappa shape index (κ1) is 8.41. The summed E-state index contributed by atoms with van der Waals surface area (Å²) >= 11 is 0. The molecular weight excluding hydrogens is 152 g/mol. The van der Waals surface area contributed by atoms with Crippen molar-refractivity contribution in [1.82, 2.24) is 4.98 Å². The van der Waals surface area contributed by atoms with Crippen molar-refractivity contribution in [3.8, 4) is 18.1 Å². The van der Waals surface area contributed by atoms with Crippen LogP contribution in [0.3, 0.4) is 0 Å². The molecule has 0 atom stereocenters. The number of anilines is 1. The Morgan fingerprint density at radius 1 is 1.75 bits per heavy atom. The first-order chi connectivity index (χ1) is 5.88. The number of terminal acetylenes is 1. The zero-order valence-corrected chi connectivity index (χ0v) is 6.87. The summed E-state index contributed by atoms with van der Waals surface area (Å²) in [5.74, 6) is 3.22. The monoisotopic (exact) mass is 162 g/mol. The van der Waals surface area contributed by atoms with Crippen LogP contribution in [-0.4, -0.2) is 18.6 Å². The third kappa shape index (κ3) is 1.89. The van der Waals surface area contributed by atoms with Gasteiger partial charge in [-0.05, 0) is 0 Å².